The zero-order valence-corrected chi connectivity index (χ0v) is 19.5. The molecule has 36 heavy (non-hydrogen) atoms. The van der Waals surface area contributed by atoms with E-state index >= 15 is 0 Å². The van der Waals surface area contributed by atoms with E-state index in [4.69, 9.17) is 13.9 Å². The van der Waals surface area contributed by atoms with E-state index < -0.39 is 5.97 Å². The molecule has 0 N–H and O–H groups in total. The van der Waals surface area contributed by atoms with Crippen LogP contribution >= 0.6 is 0 Å². The summed E-state index contributed by atoms with van der Waals surface area (Å²) in [5, 5.41) is 0.600. The van der Waals surface area contributed by atoms with Crippen molar-refractivity contribution in [2.75, 3.05) is 7.11 Å². The number of benzene rings is 4. The van der Waals surface area contributed by atoms with Crippen LogP contribution in [0.25, 0.3) is 28.4 Å². The van der Waals surface area contributed by atoms with E-state index in [0.29, 0.717) is 39.4 Å². The third-order valence-electron chi connectivity index (χ3n) is 5.69. The van der Waals surface area contributed by atoms with Gasteiger partial charge >= 0.3 is 5.97 Å². The molecule has 0 aliphatic carbocycles. The van der Waals surface area contributed by atoms with Gasteiger partial charge in [-0.25, -0.2) is 4.79 Å². The molecule has 5 nitrogen and oxygen atoms in total. The number of hydrogen-bond acceptors (Lipinski definition) is 5. The van der Waals surface area contributed by atoms with Gasteiger partial charge in [0.15, 0.2) is 5.78 Å². The molecular formula is C31H22O5. The first-order valence-electron chi connectivity index (χ1n) is 11.4. The number of hydrogen-bond donors (Lipinski definition) is 0. The van der Waals surface area contributed by atoms with Crippen molar-refractivity contribution < 1.29 is 23.5 Å². The second-order valence-electron chi connectivity index (χ2n) is 8.06. The number of fused-ring (bicyclic) bond motifs is 1. The molecule has 0 aliphatic heterocycles. The number of ketones is 1. The van der Waals surface area contributed by atoms with E-state index in [1.165, 1.54) is 6.08 Å². The zero-order chi connectivity index (χ0) is 24.9. The highest BCUT2D eigenvalue weighted by molar-refractivity contribution is 6.10. The Hall–Kier alpha value is -4.90. The fourth-order valence-electron chi connectivity index (χ4n) is 3.91. The van der Waals surface area contributed by atoms with Crippen molar-refractivity contribution in [3.63, 3.8) is 0 Å². The van der Waals surface area contributed by atoms with Gasteiger partial charge in [0.1, 0.15) is 28.4 Å². The first-order chi connectivity index (χ1) is 17.6. The lowest BCUT2D eigenvalue weighted by molar-refractivity contribution is 0.0736. The van der Waals surface area contributed by atoms with Gasteiger partial charge in [-0.3, -0.25) is 4.79 Å². The molecule has 0 amide bonds. The number of ether oxygens (including phenoxy) is 2. The lowest BCUT2D eigenvalue weighted by Gasteiger charge is -2.07. The van der Waals surface area contributed by atoms with Gasteiger partial charge in [0.25, 0.3) is 0 Å². The van der Waals surface area contributed by atoms with Crippen LogP contribution in [0.4, 0.5) is 0 Å². The molecule has 0 atom stereocenters. The van der Waals surface area contributed by atoms with E-state index in [2.05, 4.69) is 0 Å². The smallest absolute Gasteiger partial charge is 0.348 e. The van der Waals surface area contributed by atoms with Gasteiger partial charge in [0.2, 0.25) is 0 Å². The molecule has 0 unspecified atom stereocenters. The summed E-state index contributed by atoms with van der Waals surface area (Å²) in [6.07, 6.45) is 3.19. The van der Waals surface area contributed by atoms with E-state index in [1.807, 2.05) is 54.6 Å². The van der Waals surface area contributed by atoms with Crippen LogP contribution in [0, 0.1) is 0 Å². The molecule has 0 radical (unpaired) electrons. The number of carbonyl (C=O) groups is 2. The fourth-order valence-corrected chi connectivity index (χ4v) is 3.91. The summed E-state index contributed by atoms with van der Waals surface area (Å²) >= 11 is 0. The van der Waals surface area contributed by atoms with Crippen LogP contribution in [-0.2, 0) is 0 Å². The molecule has 5 rings (SSSR count). The number of methoxy groups -OCH3 is 1. The summed E-state index contributed by atoms with van der Waals surface area (Å²) in [5.41, 5.74) is 2.96. The largest absolute Gasteiger partial charge is 0.497 e. The lowest BCUT2D eigenvalue weighted by Crippen LogP contribution is -2.09. The second kappa shape index (κ2) is 10.2. The Labute approximate surface area is 208 Å². The van der Waals surface area contributed by atoms with Crippen molar-refractivity contribution in [3.05, 3.63) is 126 Å². The molecule has 5 aromatic rings. The number of carbonyl (C=O) groups excluding carboxylic acids is 2. The highest BCUT2D eigenvalue weighted by Gasteiger charge is 2.24. The van der Waals surface area contributed by atoms with Gasteiger partial charge in [-0.15, -0.1) is 0 Å². The maximum absolute atomic E-state index is 13.5. The minimum absolute atomic E-state index is 0.107. The molecule has 5 heteroatoms. The highest BCUT2D eigenvalue weighted by atomic mass is 16.5. The Kier molecular flexibility index (Phi) is 6.45. The number of rotatable bonds is 7. The SMILES string of the molecule is COc1ccc2oc(-c3ccccc3)c(C(=O)Oc3cccc(C=CC(=O)c4ccccc4)c3)c2c1. The minimum atomic E-state index is -0.553. The molecule has 1 aromatic heterocycles. The standard InChI is InChI=1S/C31H22O5/c1-34-24-16-18-28-26(20-24)29(30(36-28)23-12-6-3-7-13-23)31(33)35-25-14-8-9-21(19-25)15-17-27(32)22-10-4-2-5-11-22/h2-20H,1H3. The molecule has 0 saturated heterocycles. The van der Waals surface area contributed by atoms with Gasteiger partial charge in [0, 0.05) is 16.5 Å². The number of allylic oxidation sites excluding steroid dienone is 1. The van der Waals surface area contributed by atoms with E-state index in [0.717, 1.165) is 11.1 Å². The normalized spacial score (nSPS) is 11.0. The van der Waals surface area contributed by atoms with Crippen molar-refractivity contribution in [2.45, 2.75) is 0 Å². The summed E-state index contributed by atoms with van der Waals surface area (Å²) in [6, 6.07) is 30.7. The number of esters is 1. The van der Waals surface area contributed by atoms with Crippen molar-refractivity contribution >= 4 is 28.8 Å². The molecule has 1 heterocycles. The summed E-state index contributed by atoms with van der Waals surface area (Å²) in [4.78, 5) is 25.8. The molecule has 0 saturated carbocycles. The third-order valence-corrected chi connectivity index (χ3v) is 5.69. The first kappa shape index (κ1) is 22.9. The Morgan fingerprint density at radius 1 is 0.778 bits per heavy atom. The van der Waals surface area contributed by atoms with E-state index in [9.17, 15) is 9.59 Å². The van der Waals surface area contributed by atoms with Gasteiger partial charge < -0.3 is 13.9 Å². The average Bonchev–Trinajstić information content (AvgIpc) is 3.32. The van der Waals surface area contributed by atoms with Gasteiger partial charge in [-0.05, 0) is 42.0 Å². The second-order valence-corrected chi connectivity index (χ2v) is 8.06. The number of furan rings is 1. The fraction of sp³-hybridized carbons (Fsp3) is 0.0323. The minimum Gasteiger partial charge on any atom is -0.497 e. The third kappa shape index (κ3) is 4.81. The molecular weight excluding hydrogens is 452 g/mol. The summed E-state index contributed by atoms with van der Waals surface area (Å²) in [7, 11) is 1.57. The lowest BCUT2D eigenvalue weighted by atomic mass is 10.1. The highest BCUT2D eigenvalue weighted by Crippen LogP contribution is 2.36. The van der Waals surface area contributed by atoms with Crippen molar-refractivity contribution in [2.24, 2.45) is 0 Å². The Morgan fingerprint density at radius 3 is 2.28 bits per heavy atom. The molecule has 0 spiro atoms. The van der Waals surface area contributed by atoms with Crippen molar-refractivity contribution in [1.29, 1.82) is 0 Å². The first-order valence-corrected chi connectivity index (χ1v) is 11.4. The zero-order valence-electron chi connectivity index (χ0n) is 19.5. The Bertz CT molecular complexity index is 1560. The topological polar surface area (TPSA) is 65.7 Å². The van der Waals surface area contributed by atoms with Crippen molar-refractivity contribution in [3.8, 4) is 22.8 Å². The summed E-state index contributed by atoms with van der Waals surface area (Å²) in [5.74, 6) is 0.720. The van der Waals surface area contributed by atoms with Crippen molar-refractivity contribution in [1.82, 2.24) is 0 Å². The van der Waals surface area contributed by atoms with E-state index in [1.54, 1.807) is 61.7 Å². The van der Waals surface area contributed by atoms with Crippen LogP contribution in [0.5, 0.6) is 11.5 Å². The molecule has 0 fully saturated rings. The maximum atomic E-state index is 13.5. The van der Waals surface area contributed by atoms with Crippen LogP contribution in [0.3, 0.4) is 0 Å². The molecule has 0 bridgehead atoms. The van der Waals surface area contributed by atoms with Crippen LogP contribution in [0.2, 0.25) is 0 Å². The van der Waals surface area contributed by atoms with E-state index in [-0.39, 0.29) is 5.78 Å². The predicted molar refractivity (Wildman–Crippen MR) is 139 cm³/mol. The Morgan fingerprint density at radius 2 is 1.53 bits per heavy atom. The Balaban J connectivity index is 1.45. The summed E-state index contributed by atoms with van der Waals surface area (Å²) < 4.78 is 17.2. The quantitative estimate of drug-likeness (QED) is 0.108. The average molecular weight is 475 g/mol. The monoisotopic (exact) mass is 474 g/mol. The molecule has 4 aromatic carbocycles. The van der Waals surface area contributed by atoms with Gasteiger partial charge in [0.05, 0.1) is 7.11 Å². The maximum Gasteiger partial charge on any atom is 0.348 e. The van der Waals surface area contributed by atoms with Gasteiger partial charge in [-0.1, -0.05) is 78.9 Å². The predicted octanol–water partition coefficient (Wildman–Crippen LogP) is 7.22. The van der Waals surface area contributed by atoms with Gasteiger partial charge in [-0.2, -0.15) is 0 Å². The summed E-state index contributed by atoms with van der Waals surface area (Å²) in [6.45, 7) is 0. The van der Waals surface area contributed by atoms with Crippen LogP contribution < -0.4 is 9.47 Å². The van der Waals surface area contributed by atoms with Crippen LogP contribution in [0.15, 0.2) is 114 Å². The molecule has 176 valence electrons. The molecule has 0 aliphatic rings. The van der Waals surface area contributed by atoms with Crippen LogP contribution in [-0.4, -0.2) is 18.9 Å². The van der Waals surface area contributed by atoms with Crippen LogP contribution in [0.1, 0.15) is 26.3 Å².